The Morgan fingerprint density at radius 1 is 0.562 bits per heavy atom. The number of aliphatic hydroxyl groups excluding tert-OH is 3. The molecule has 0 bridgehead atoms. The van der Waals surface area contributed by atoms with Crippen LogP contribution in [0.2, 0.25) is 0 Å². The van der Waals surface area contributed by atoms with Crippen molar-refractivity contribution in [1.29, 1.82) is 0 Å². The van der Waals surface area contributed by atoms with Crippen molar-refractivity contribution >= 4 is 28.6 Å². The lowest BCUT2D eigenvalue weighted by atomic mass is 9.60. The van der Waals surface area contributed by atoms with Crippen molar-refractivity contribution in [3.05, 3.63) is 69.8 Å². The molecule has 2 rings (SSSR count). The first-order chi connectivity index (χ1) is 21.5. The molecule has 2 aromatic carbocycles. The highest BCUT2D eigenvalue weighted by molar-refractivity contribution is 7.73. The Morgan fingerprint density at radius 2 is 0.833 bits per heavy atom. The van der Waals surface area contributed by atoms with Crippen LogP contribution in [0.3, 0.4) is 0 Å². The van der Waals surface area contributed by atoms with Gasteiger partial charge in [0.05, 0.1) is 25.2 Å². The van der Waals surface area contributed by atoms with Crippen molar-refractivity contribution in [3.8, 4) is 0 Å². The highest BCUT2D eigenvalue weighted by atomic mass is 32.2. The summed E-state index contributed by atoms with van der Waals surface area (Å²) >= 11 is -2.61. The van der Waals surface area contributed by atoms with Crippen LogP contribution >= 0.6 is 17.2 Å². The fraction of sp³-hybridized carbons (Fsp3) is 0.636. The van der Waals surface area contributed by atoms with Crippen LogP contribution in [-0.2, 0) is 42.9 Å². The lowest BCUT2D eigenvalue weighted by molar-refractivity contribution is -0.137. The molecule has 0 unspecified atom stereocenters. The van der Waals surface area contributed by atoms with Gasteiger partial charge in [0.2, 0.25) is 0 Å². The number of benzene rings is 2. The summed E-state index contributed by atoms with van der Waals surface area (Å²) in [5.74, 6) is 0. The number of rotatable bonds is 8. The number of hydrogen-bond donors (Lipinski definition) is 10. The standard InChI is InChI=1S/C33H52O4.H4O5P2.H2O3S/c1-28(2,3)22-13-15-24(26(17-22)30(7,8)9)33(37,32(19-34,20-35)21-36)25-16-14-23(29(4,5)6)18-27(25)31(10,11)12;1-6(2)5-7(3)4;1-4(2)3/h13-18,34-37H,19-21H2,1-12H3;1-4H;(H2,1,2,3). The monoisotopic (exact) mass is 740 g/mol. The molecule has 0 spiro atoms. The van der Waals surface area contributed by atoms with Gasteiger partial charge in [-0.1, -0.05) is 119 Å². The molecule has 0 saturated carbocycles. The van der Waals surface area contributed by atoms with Crippen molar-refractivity contribution in [2.45, 2.75) is 110 Å². The Hall–Kier alpha value is -0.990. The fourth-order valence-corrected chi connectivity index (χ4v) is 5.69. The molecular formula is C33H58O12P2S. The van der Waals surface area contributed by atoms with Crippen molar-refractivity contribution in [3.63, 3.8) is 0 Å². The van der Waals surface area contributed by atoms with Gasteiger partial charge in [0, 0.05) is 0 Å². The molecule has 0 radical (unpaired) electrons. The third kappa shape index (κ3) is 12.7. The van der Waals surface area contributed by atoms with E-state index in [0.29, 0.717) is 11.1 Å². The van der Waals surface area contributed by atoms with Crippen LogP contribution in [-0.4, -0.2) is 73.1 Å². The maximum atomic E-state index is 13.1. The lowest BCUT2D eigenvalue weighted by Gasteiger charge is -2.49. The second kappa shape index (κ2) is 18.0. The summed E-state index contributed by atoms with van der Waals surface area (Å²) in [7, 11) is -5.22. The minimum atomic E-state index is -2.61. The van der Waals surface area contributed by atoms with Crippen LogP contribution in [0.25, 0.3) is 0 Å². The molecule has 2 aromatic rings. The topological polar surface area (TPSA) is 229 Å². The van der Waals surface area contributed by atoms with Gasteiger partial charge in [0.25, 0.3) is 11.4 Å². The van der Waals surface area contributed by atoms with E-state index >= 15 is 0 Å². The molecule has 0 aliphatic rings. The maximum Gasteiger partial charge on any atom is 0.334 e. The van der Waals surface area contributed by atoms with E-state index in [-0.39, 0.29) is 21.7 Å². The molecule has 15 heteroatoms. The van der Waals surface area contributed by atoms with Crippen molar-refractivity contribution in [2.75, 3.05) is 19.8 Å². The van der Waals surface area contributed by atoms with E-state index in [9.17, 15) is 20.4 Å². The highest BCUT2D eigenvalue weighted by Gasteiger charge is 2.55. The molecular weight excluding hydrogens is 682 g/mol. The minimum Gasteiger partial charge on any atom is -0.395 e. The maximum absolute atomic E-state index is 13.1. The SMILES string of the molecule is CC(C)(C)c1ccc(C(O)(c2ccc(C(C)(C)C)cc2C(C)(C)C)C(CO)(CO)CO)c(C(C)(C)C)c1.O=S(O)O.OP(O)OP(O)O. The predicted octanol–water partition coefficient (Wildman–Crippen LogP) is 5.18. The molecule has 48 heavy (non-hydrogen) atoms. The summed E-state index contributed by atoms with van der Waals surface area (Å²) in [6, 6.07) is 12.2. The Bertz CT molecular complexity index is 1230. The average Bonchev–Trinajstić information content (AvgIpc) is 2.90. The molecule has 0 atom stereocenters. The second-order valence-electron chi connectivity index (χ2n) is 15.8. The van der Waals surface area contributed by atoms with Gasteiger partial charge in [0.1, 0.15) is 5.60 Å². The zero-order valence-electron chi connectivity index (χ0n) is 30.2. The largest absolute Gasteiger partial charge is 0.395 e. The quantitative estimate of drug-likeness (QED) is 0.125. The van der Waals surface area contributed by atoms with Crippen LogP contribution in [0.1, 0.15) is 116 Å². The van der Waals surface area contributed by atoms with Crippen LogP contribution in [0.15, 0.2) is 36.4 Å². The van der Waals surface area contributed by atoms with Crippen LogP contribution in [0, 0.1) is 5.41 Å². The van der Waals surface area contributed by atoms with E-state index in [0.717, 1.165) is 22.3 Å². The predicted molar refractivity (Wildman–Crippen MR) is 192 cm³/mol. The van der Waals surface area contributed by atoms with Crippen molar-refractivity contribution < 1.29 is 57.6 Å². The Labute approximate surface area is 291 Å². The molecule has 278 valence electrons. The number of hydrogen-bond acceptors (Lipinski definition) is 10. The zero-order valence-corrected chi connectivity index (χ0v) is 32.8. The molecule has 0 aliphatic heterocycles. The average molecular weight is 741 g/mol. The van der Waals surface area contributed by atoms with Crippen LogP contribution in [0.5, 0.6) is 0 Å². The van der Waals surface area contributed by atoms with Crippen molar-refractivity contribution in [1.82, 2.24) is 0 Å². The molecule has 0 aliphatic carbocycles. The molecule has 0 heterocycles. The van der Waals surface area contributed by atoms with Gasteiger partial charge in [-0.2, -0.15) is 4.21 Å². The Kier molecular flexibility index (Phi) is 17.6. The summed E-state index contributed by atoms with van der Waals surface area (Å²) < 4.78 is 26.4. The van der Waals surface area contributed by atoms with E-state index in [1.54, 1.807) is 0 Å². The van der Waals surface area contributed by atoms with Gasteiger partial charge in [-0.25, -0.2) is 4.31 Å². The van der Waals surface area contributed by atoms with E-state index in [2.05, 4.69) is 99.5 Å². The second-order valence-corrected chi connectivity index (χ2v) is 17.9. The van der Waals surface area contributed by atoms with E-state index in [1.165, 1.54) is 0 Å². The molecule has 10 N–H and O–H groups in total. The molecule has 12 nitrogen and oxygen atoms in total. The van der Waals surface area contributed by atoms with Gasteiger partial charge >= 0.3 is 17.2 Å². The van der Waals surface area contributed by atoms with Crippen LogP contribution < -0.4 is 0 Å². The van der Waals surface area contributed by atoms with Gasteiger partial charge in [0.15, 0.2) is 0 Å². The third-order valence-electron chi connectivity index (χ3n) is 7.99. The Balaban J connectivity index is 0.00000172. The van der Waals surface area contributed by atoms with Gasteiger partial charge in [-0.15, -0.1) is 0 Å². The summed E-state index contributed by atoms with van der Waals surface area (Å²) in [6.07, 6.45) is 0. The summed E-state index contributed by atoms with van der Waals surface area (Å²) in [4.78, 5) is 31.3. The van der Waals surface area contributed by atoms with Gasteiger partial charge in [-0.3, -0.25) is 9.11 Å². The number of aliphatic hydroxyl groups is 4. The normalized spacial score (nSPS) is 13.4. The summed E-state index contributed by atoms with van der Waals surface area (Å²) in [6.45, 7) is 23.8. The van der Waals surface area contributed by atoms with E-state index in [4.69, 9.17) is 32.9 Å². The first-order valence-corrected chi connectivity index (χ1v) is 18.5. The first-order valence-electron chi connectivity index (χ1n) is 15.2. The van der Waals surface area contributed by atoms with Crippen molar-refractivity contribution in [2.24, 2.45) is 5.41 Å². The molecule has 0 saturated heterocycles. The first kappa shape index (κ1) is 47.0. The fourth-order valence-electron chi connectivity index (χ4n) is 5.17. The zero-order chi connectivity index (χ0) is 38.3. The van der Waals surface area contributed by atoms with Gasteiger partial charge in [-0.05, 0) is 55.0 Å². The highest BCUT2D eigenvalue weighted by Crippen LogP contribution is 2.51. The minimum absolute atomic E-state index is 0.108. The van der Waals surface area contributed by atoms with E-state index < -0.39 is 59.4 Å². The summed E-state index contributed by atoms with van der Waals surface area (Å²) in [5.41, 5.74) is 0.863. The Morgan fingerprint density at radius 3 is 1.00 bits per heavy atom. The van der Waals surface area contributed by atoms with Gasteiger partial charge < -0.3 is 40.0 Å². The molecule has 0 amide bonds. The molecule has 0 fully saturated rings. The summed E-state index contributed by atoms with van der Waals surface area (Å²) in [5, 5.41) is 45.2. The van der Waals surface area contributed by atoms with Crippen LogP contribution in [0.4, 0.5) is 0 Å². The third-order valence-corrected chi connectivity index (χ3v) is 9.16. The van der Waals surface area contributed by atoms with E-state index in [1.807, 2.05) is 24.3 Å². The smallest absolute Gasteiger partial charge is 0.334 e. The molecule has 0 aromatic heterocycles. The lowest BCUT2D eigenvalue weighted by Crippen LogP contribution is -2.55.